The fourth-order valence-corrected chi connectivity index (χ4v) is 1.06. The summed E-state index contributed by atoms with van der Waals surface area (Å²) in [5.41, 5.74) is -0.779. The summed E-state index contributed by atoms with van der Waals surface area (Å²) in [5, 5.41) is 8.92. The molecule has 1 aromatic rings. The standard InChI is InChI=1S/C6H6N2O3S/c1-12-4-2-3(5(9)10)7-6(11)8-4/h2H,1H3,(H,9,10)(H,7,8,11). The number of carboxylic acids is 1. The monoisotopic (exact) mass is 186 g/mol. The van der Waals surface area contributed by atoms with Crippen molar-refractivity contribution in [2.75, 3.05) is 6.26 Å². The van der Waals surface area contributed by atoms with Gasteiger partial charge < -0.3 is 5.11 Å². The lowest BCUT2D eigenvalue weighted by Crippen LogP contribution is -2.16. The van der Waals surface area contributed by atoms with Gasteiger partial charge in [0.15, 0.2) is 0 Å². The molecule has 1 rings (SSSR count). The summed E-state index contributed by atoms with van der Waals surface area (Å²) in [6.45, 7) is 0. The molecule has 0 aliphatic carbocycles. The first-order chi connectivity index (χ1) is 5.63. The van der Waals surface area contributed by atoms with E-state index in [0.29, 0.717) is 5.03 Å². The Hall–Kier alpha value is -1.30. The van der Waals surface area contributed by atoms with Crippen molar-refractivity contribution >= 4 is 17.7 Å². The number of thioether (sulfide) groups is 1. The molecule has 0 unspecified atom stereocenters. The topological polar surface area (TPSA) is 83.0 Å². The molecule has 0 aliphatic rings. The second-order valence-electron chi connectivity index (χ2n) is 1.95. The maximum atomic E-state index is 10.7. The minimum atomic E-state index is -1.16. The third-order valence-electron chi connectivity index (χ3n) is 1.16. The number of carboxylic acid groups (broad SMARTS) is 1. The van der Waals surface area contributed by atoms with Crippen LogP contribution in [0, 0.1) is 0 Å². The van der Waals surface area contributed by atoms with E-state index in [0.717, 1.165) is 0 Å². The number of hydrogen-bond acceptors (Lipinski definition) is 4. The summed E-state index contributed by atoms with van der Waals surface area (Å²) in [5.74, 6) is -1.16. The molecule has 1 aromatic heterocycles. The van der Waals surface area contributed by atoms with Crippen LogP contribution in [0.5, 0.6) is 0 Å². The van der Waals surface area contributed by atoms with Gasteiger partial charge in [-0.05, 0) is 6.26 Å². The number of hydrogen-bond donors (Lipinski definition) is 2. The molecular formula is C6H6N2O3S. The summed E-state index contributed by atoms with van der Waals surface area (Å²) in [7, 11) is 0. The number of rotatable bonds is 2. The van der Waals surface area contributed by atoms with Crippen molar-refractivity contribution in [3.63, 3.8) is 0 Å². The molecule has 0 radical (unpaired) electrons. The van der Waals surface area contributed by atoms with E-state index in [-0.39, 0.29) is 5.69 Å². The van der Waals surface area contributed by atoms with E-state index >= 15 is 0 Å². The summed E-state index contributed by atoms with van der Waals surface area (Å²) in [6.07, 6.45) is 1.72. The first kappa shape index (κ1) is 8.79. The first-order valence-corrected chi connectivity index (χ1v) is 4.24. The minimum Gasteiger partial charge on any atom is -0.477 e. The van der Waals surface area contributed by atoms with Crippen LogP contribution < -0.4 is 5.69 Å². The Morgan fingerprint density at radius 1 is 1.75 bits per heavy atom. The summed E-state index contributed by atoms with van der Waals surface area (Å²) in [6, 6.07) is 1.31. The molecule has 6 heteroatoms. The van der Waals surface area contributed by atoms with E-state index in [4.69, 9.17) is 5.11 Å². The van der Waals surface area contributed by atoms with Gasteiger partial charge in [0.25, 0.3) is 0 Å². The molecule has 2 N–H and O–H groups in total. The first-order valence-electron chi connectivity index (χ1n) is 3.02. The Kier molecular flexibility index (Phi) is 2.49. The Balaban J connectivity index is 3.24. The average Bonchev–Trinajstić information content (AvgIpc) is 2.03. The van der Waals surface area contributed by atoms with Gasteiger partial charge in [-0.15, -0.1) is 11.8 Å². The zero-order valence-corrected chi connectivity index (χ0v) is 7.01. The van der Waals surface area contributed by atoms with Gasteiger partial charge in [0, 0.05) is 6.07 Å². The van der Waals surface area contributed by atoms with E-state index in [9.17, 15) is 9.59 Å². The Bertz CT molecular complexity index is 360. The molecule has 0 bridgehead atoms. The number of aromatic amines is 1. The van der Waals surface area contributed by atoms with Gasteiger partial charge in [-0.2, -0.15) is 4.98 Å². The second-order valence-corrected chi connectivity index (χ2v) is 2.77. The highest BCUT2D eigenvalue weighted by Crippen LogP contribution is 2.08. The number of H-pyrrole nitrogens is 1. The maximum absolute atomic E-state index is 10.7. The highest BCUT2D eigenvalue weighted by molar-refractivity contribution is 7.98. The molecular weight excluding hydrogens is 180 g/mol. The van der Waals surface area contributed by atoms with E-state index in [1.165, 1.54) is 17.8 Å². The Labute approximate surface area is 71.8 Å². The number of aromatic nitrogens is 2. The van der Waals surface area contributed by atoms with Gasteiger partial charge in [-0.25, -0.2) is 9.59 Å². The van der Waals surface area contributed by atoms with E-state index < -0.39 is 11.7 Å². The molecule has 0 aromatic carbocycles. The summed E-state index contributed by atoms with van der Waals surface area (Å²) >= 11 is 1.22. The molecule has 0 atom stereocenters. The van der Waals surface area contributed by atoms with Crippen LogP contribution >= 0.6 is 11.8 Å². The largest absolute Gasteiger partial charge is 0.477 e. The normalized spacial score (nSPS) is 9.75. The number of nitrogens with one attached hydrogen (secondary N) is 1. The lowest BCUT2D eigenvalue weighted by atomic mass is 10.4. The highest BCUT2D eigenvalue weighted by Gasteiger charge is 2.05. The van der Waals surface area contributed by atoms with Gasteiger partial charge in [0.2, 0.25) is 0 Å². The smallest absolute Gasteiger partial charge is 0.352 e. The molecule has 64 valence electrons. The van der Waals surface area contributed by atoms with Crippen molar-refractivity contribution in [2.24, 2.45) is 0 Å². The predicted molar refractivity (Wildman–Crippen MR) is 43.6 cm³/mol. The van der Waals surface area contributed by atoms with Crippen LogP contribution in [-0.4, -0.2) is 27.3 Å². The molecule has 0 saturated carbocycles. The van der Waals surface area contributed by atoms with Crippen LogP contribution in [0.15, 0.2) is 15.9 Å². The van der Waals surface area contributed by atoms with Crippen molar-refractivity contribution in [2.45, 2.75) is 5.03 Å². The molecule has 0 spiro atoms. The molecule has 0 saturated heterocycles. The molecule has 12 heavy (non-hydrogen) atoms. The summed E-state index contributed by atoms with van der Waals surface area (Å²) in [4.78, 5) is 26.8. The zero-order valence-electron chi connectivity index (χ0n) is 6.20. The third kappa shape index (κ3) is 1.85. The molecule has 0 aliphatic heterocycles. The lowest BCUT2D eigenvalue weighted by Gasteiger charge is -1.95. The van der Waals surface area contributed by atoms with Crippen LogP contribution in [0.4, 0.5) is 0 Å². The molecule has 0 amide bonds. The van der Waals surface area contributed by atoms with E-state index in [1.54, 1.807) is 6.26 Å². The number of aromatic carboxylic acids is 1. The van der Waals surface area contributed by atoms with Gasteiger partial charge in [-0.3, -0.25) is 4.98 Å². The average molecular weight is 186 g/mol. The van der Waals surface area contributed by atoms with Crippen molar-refractivity contribution in [3.05, 3.63) is 22.2 Å². The molecule has 5 nitrogen and oxygen atoms in total. The number of nitrogens with zero attached hydrogens (tertiary/aromatic N) is 1. The van der Waals surface area contributed by atoms with Crippen LogP contribution in [0.1, 0.15) is 10.5 Å². The highest BCUT2D eigenvalue weighted by atomic mass is 32.2. The van der Waals surface area contributed by atoms with Gasteiger partial charge >= 0.3 is 11.7 Å². The molecule has 1 heterocycles. The maximum Gasteiger partial charge on any atom is 0.352 e. The van der Waals surface area contributed by atoms with E-state index in [2.05, 4.69) is 9.97 Å². The lowest BCUT2D eigenvalue weighted by molar-refractivity contribution is 0.0689. The van der Waals surface area contributed by atoms with Gasteiger partial charge in [0.1, 0.15) is 10.7 Å². The minimum absolute atomic E-state index is 0.139. The number of carbonyl (C=O) groups is 1. The quantitative estimate of drug-likeness (QED) is 0.509. The Morgan fingerprint density at radius 2 is 2.42 bits per heavy atom. The predicted octanol–water partition coefficient (Wildman–Crippen LogP) is 0.190. The van der Waals surface area contributed by atoms with Crippen molar-refractivity contribution in [3.8, 4) is 0 Å². The van der Waals surface area contributed by atoms with E-state index in [1.807, 2.05) is 0 Å². The Morgan fingerprint density at radius 3 is 2.92 bits per heavy atom. The summed E-state index contributed by atoms with van der Waals surface area (Å²) < 4.78 is 0. The van der Waals surface area contributed by atoms with Crippen LogP contribution in [-0.2, 0) is 0 Å². The van der Waals surface area contributed by atoms with Crippen molar-refractivity contribution in [1.29, 1.82) is 0 Å². The van der Waals surface area contributed by atoms with Crippen LogP contribution in [0.2, 0.25) is 0 Å². The van der Waals surface area contributed by atoms with Crippen LogP contribution in [0.3, 0.4) is 0 Å². The van der Waals surface area contributed by atoms with Crippen molar-refractivity contribution < 1.29 is 9.90 Å². The fraction of sp³-hybridized carbons (Fsp3) is 0.167. The fourth-order valence-electron chi connectivity index (χ4n) is 0.655. The van der Waals surface area contributed by atoms with Crippen molar-refractivity contribution in [1.82, 2.24) is 9.97 Å². The van der Waals surface area contributed by atoms with Gasteiger partial charge in [-0.1, -0.05) is 0 Å². The van der Waals surface area contributed by atoms with Gasteiger partial charge in [0.05, 0.1) is 0 Å². The second kappa shape index (κ2) is 3.40. The SMILES string of the molecule is CSc1cc(C(=O)O)[nH]c(=O)n1. The third-order valence-corrected chi connectivity index (χ3v) is 1.79. The van der Waals surface area contributed by atoms with Crippen LogP contribution in [0.25, 0.3) is 0 Å². The molecule has 0 fully saturated rings. The zero-order chi connectivity index (χ0) is 9.14.